The lowest BCUT2D eigenvalue weighted by Gasteiger charge is -2.21. The van der Waals surface area contributed by atoms with E-state index in [-0.39, 0.29) is 17.8 Å². The highest BCUT2D eigenvalue weighted by atomic mass is 16.5. The van der Waals surface area contributed by atoms with Crippen LogP contribution in [0.5, 0.6) is 0 Å². The van der Waals surface area contributed by atoms with Gasteiger partial charge in [0.2, 0.25) is 5.91 Å². The fourth-order valence-electron chi connectivity index (χ4n) is 1.94. The van der Waals surface area contributed by atoms with Gasteiger partial charge < -0.3 is 10.1 Å². The van der Waals surface area contributed by atoms with E-state index >= 15 is 0 Å². The van der Waals surface area contributed by atoms with Crippen LogP contribution < -0.4 is 5.32 Å². The fraction of sp³-hybridized carbons (Fsp3) is 0.500. The number of amides is 1. The molecule has 0 aliphatic heterocycles. The molecule has 0 aromatic heterocycles. The van der Waals surface area contributed by atoms with E-state index in [1.165, 1.54) is 7.11 Å². The lowest BCUT2D eigenvalue weighted by Crippen LogP contribution is -2.45. The van der Waals surface area contributed by atoms with Crippen molar-refractivity contribution in [3.63, 3.8) is 0 Å². The average molecular weight is 277 g/mol. The molecule has 0 aliphatic rings. The van der Waals surface area contributed by atoms with Gasteiger partial charge in [0.15, 0.2) is 0 Å². The maximum absolute atomic E-state index is 11.9. The Morgan fingerprint density at radius 2 is 1.90 bits per heavy atom. The number of methoxy groups -OCH3 is 1. The van der Waals surface area contributed by atoms with E-state index in [4.69, 9.17) is 4.74 Å². The van der Waals surface area contributed by atoms with Crippen molar-refractivity contribution in [3.8, 4) is 0 Å². The normalized spacial score (nSPS) is 13.3. The van der Waals surface area contributed by atoms with Gasteiger partial charge in [0.05, 0.1) is 7.11 Å². The van der Waals surface area contributed by atoms with Crippen LogP contribution in [0.3, 0.4) is 0 Å². The summed E-state index contributed by atoms with van der Waals surface area (Å²) in [6.07, 6.45) is 1.84. The number of ether oxygens (including phenoxy) is 1. The van der Waals surface area contributed by atoms with Crippen LogP contribution in [0.1, 0.15) is 32.3 Å². The SMILES string of the molecule is CC[C@@H](C)[C@@H](NC(=O)CCc1ccccc1)C(=O)OC. The Morgan fingerprint density at radius 1 is 1.25 bits per heavy atom. The van der Waals surface area contributed by atoms with Crippen molar-refractivity contribution in [2.75, 3.05) is 7.11 Å². The molecule has 1 amide bonds. The molecule has 1 aromatic rings. The summed E-state index contributed by atoms with van der Waals surface area (Å²) in [7, 11) is 1.34. The highest BCUT2D eigenvalue weighted by molar-refractivity contribution is 5.84. The van der Waals surface area contributed by atoms with Crippen LogP contribution in [0.25, 0.3) is 0 Å². The zero-order valence-electron chi connectivity index (χ0n) is 12.4. The molecule has 0 saturated carbocycles. The summed E-state index contributed by atoms with van der Waals surface area (Å²) >= 11 is 0. The number of carbonyl (C=O) groups excluding carboxylic acids is 2. The largest absolute Gasteiger partial charge is 0.467 e. The van der Waals surface area contributed by atoms with Crippen LogP contribution in [0.2, 0.25) is 0 Å². The second-order valence-electron chi connectivity index (χ2n) is 4.94. The van der Waals surface area contributed by atoms with Crippen molar-refractivity contribution in [1.82, 2.24) is 5.32 Å². The first kappa shape index (κ1) is 16.2. The van der Waals surface area contributed by atoms with Crippen LogP contribution in [0.4, 0.5) is 0 Å². The number of carbonyl (C=O) groups is 2. The molecule has 4 heteroatoms. The van der Waals surface area contributed by atoms with Gasteiger partial charge in [-0.1, -0.05) is 50.6 Å². The van der Waals surface area contributed by atoms with E-state index in [0.717, 1.165) is 12.0 Å². The summed E-state index contributed by atoms with van der Waals surface area (Å²) in [6, 6.07) is 9.25. The van der Waals surface area contributed by atoms with Crippen molar-refractivity contribution in [2.24, 2.45) is 5.92 Å². The topological polar surface area (TPSA) is 55.4 Å². The predicted molar refractivity (Wildman–Crippen MR) is 78.2 cm³/mol. The molecule has 0 bridgehead atoms. The van der Waals surface area contributed by atoms with E-state index < -0.39 is 6.04 Å². The van der Waals surface area contributed by atoms with Crippen molar-refractivity contribution in [1.29, 1.82) is 0 Å². The molecule has 1 aromatic carbocycles. The van der Waals surface area contributed by atoms with Crippen LogP contribution >= 0.6 is 0 Å². The van der Waals surface area contributed by atoms with Crippen molar-refractivity contribution in [3.05, 3.63) is 35.9 Å². The van der Waals surface area contributed by atoms with Gasteiger partial charge in [-0.05, 0) is 17.9 Å². The minimum atomic E-state index is -0.562. The van der Waals surface area contributed by atoms with Gasteiger partial charge in [0, 0.05) is 6.42 Å². The zero-order valence-corrected chi connectivity index (χ0v) is 12.4. The molecular weight excluding hydrogens is 254 g/mol. The molecule has 110 valence electrons. The molecule has 1 N–H and O–H groups in total. The smallest absolute Gasteiger partial charge is 0.328 e. The summed E-state index contributed by atoms with van der Waals surface area (Å²) in [4.78, 5) is 23.6. The minimum absolute atomic E-state index is 0.0584. The molecular formula is C16H23NO3. The Hall–Kier alpha value is -1.84. The third-order valence-electron chi connectivity index (χ3n) is 3.47. The van der Waals surface area contributed by atoms with Gasteiger partial charge in [-0.2, -0.15) is 0 Å². The lowest BCUT2D eigenvalue weighted by molar-refractivity contribution is -0.146. The fourth-order valence-corrected chi connectivity index (χ4v) is 1.94. The number of benzene rings is 1. The third kappa shape index (κ3) is 5.03. The highest BCUT2D eigenvalue weighted by Gasteiger charge is 2.26. The Balaban J connectivity index is 2.51. The monoisotopic (exact) mass is 277 g/mol. The van der Waals surface area contributed by atoms with Crippen molar-refractivity contribution >= 4 is 11.9 Å². The number of aryl methyl sites for hydroxylation is 1. The Kier molecular flexibility index (Phi) is 6.77. The summed E-state index contributed by atoms with van der Waals surface area (Å²) in [6.45, 7) is 3.91. The van der Waals surface area contributed by atoms with E-state index in [1.807, 2.05) is 44.2 Å². The first-order valence-electron chi connectivity index (χ1n) is 6.99. The second kappa shape index (κ2) is 8.35. The average Bonchev–Trinajstić information content (AvgIpc) is 2.50. The lowest BCUT2D eigenvalue weighted by atomic mass is 9.99. The molecule has 4 nitrogen and oxygen atoms in total. The molecule has 1 rings (SSSR count). The zero-order chi connectivity index (χ0) is 15.0. The Labute approximate surface area is 120 Å². The highest BCUT2D eigenvalue weighted by Crippen LogP contribution is 2.10. The maximum Gasteiger partial charge on any atom is 0.328 e. The first-order chi connectivity index (χ1) is 9.58. The van der Waals surface area contributed by atoms with E-state index in [9.17, 15) is 9.59 Å². The summed E-state index contributed by atoms with van der Waals surface area (Å²) in [5.41, 5.74) is 1.11. The van der Waals surface area contributed by atoms with Gasteiger partial charge in [-0.3, -0.25) is 4.79 Å². The van der Waals surface area contributed by atoms with Gasteiger partial charge in [-0.25, -0.2) is 4.79 Å². The Bertz CT molecular complexity index is 431. The summed E-state index contributed by atoms with van der Waals surface area (Å²) in [5, 5.41) is 2.78. The van der Waals surface area contributed by atoms with Crippen LogP contribution in [-0.2, 0) is 20.7 Å². The second-order valence-corrected chi connectivity index (χ2v) is 4.94. The standard InChI is InChI=1S/C16H23NO3/c1-4-12(2)15(16(19)20-3)17-14(18)11-10-13-8-6-5-7-9-13/h5-9,12,15H,4,10-11H2,1-3H3,(H,17,18)/t12-,15-/m1/s1. The van der Waals surface area contributed by atoms with Crippen molar-refractivity contribution in [2.45, 2.75) is 39.2 Å². The Morgan fingerprint density at radius 3 is 2.45 bits per heavy atom. The number of hydrogen-bond acceptors (Lipinski definition) is 3. The summed E-state index contributed by atoms with van der Waals surface area (Å²) < 4.78 is 4.75. The first-order valence-corrected chi connectivity index (χ1v) is 6.99. The van der Waals surface area contributed by atoms with E-state index in [0.29, 0.717) is 12.8 Å². The quantitative estimate of drug-likeness (QED) is 0.778. The third-order valence-corrected chi connectivity index (χ3v) is 3.47. The summed E-state index contributed by atoms with van der Waals surface area (Å²) in [5.74, 6) is -0.444. The number of nitrogens with one attached hydrogen (secondary N) is 1. The van der Waals surface area contributed by atoms with E-state index in [1.54, 1.807) is 0 Å². The molecule has 0 heterocycles. The van der Waals surface area contributed by atoms with Gasteiger partial charge in [-0.15, -0.1) is 0 Å². The van der Waals surface area contributed by atoms with Crippen LogP contribution in [-0.4, -0.2) is 25.0 Å². The minimum Gasteiger partial charge on any atom is -0.467 e. The maximum atomic E-state index is 11.9. The van der Waals surface area contributed by atoms with Gasteiger partial charge >= 0.3 is 5.97 Å². The van der Waals surface area contributed by atoms with E-state index in [2.05, 4.69) is 5.32 Å². The number of esters is 1. The molecule has 0 aliphatic carbocycles. The number of rotatable bonds is 7. The molecule has 0 unspecified atom stereocenters. The molecule has 0 spiro atoms. The van der Waals surface area contributed by atoms with Crippen molar-refractivity contribution < 1.29 is 14.3 Å². The molecule has 0 fully saturated rings. The van der Waals surface area contributed by atoms with Gasteiger partial charge in [0.25, 0.3) is 0 Å². The van der Waals surface area contributed by atoms with Gasteiger partial charge in [0.1, 0.15) is 6.04 Å². The molecule has 2 atom stereocenters. The molecule has 0 saturated heterocycles. The predicted octanol–water partition coefficient (Wildman–Crippen LogP) is 2.32. The molecule has 20 heavy (non-hydrogen) atoms. The van der Waals surface area contributed by atoms with Crippen LogP contribution in [0.15, 0.2) is 30.3 Å². The number of hydrogen-bond donors (Lipinski definition) is 1. The van der Waals surface area contributed by atoms with Crippen LogP contribution in [0, 0.1) is 5.92 Å². The molecule has 0 radical (unpaired) electrons.